The van der Waals surface area contributed by atoms with E-state index in [9.17, 15) is 9.18 Å². The van der Waals surface area contributed by atoms with E-state index in [-0.39, 0.29) is 30.5 Å². The maximum absolute atomic E-state index is 14.5. The molecule has 4 rings (SSSR count). The molecule has 2 heterocycles. The van der Waals surface area contributed by atoms with Gasteiger partial charge in [-0.3, -0.25) is 4.79 Å². The number of halogens is 1. The Hall–Kier alpha value is -3.06. The molecule has 2 atom stereocenters. The summed E-state index contributed by atoms with van der Waals surface area (Å²) in [6.45, 7) is 4.61. The average molecular weight is 427 g/mol. The molecular formula is C24H26FNO5. The SMILES string of the molecule is CC(=O)NC(C)c1cc2cc(OCc3ccc(OCC4CCCO4)cc3F)ccc2o1. The molecule has 1 saturated heterocycles. The normalized spacial score (nSPS) is 16.9. The van der Waals surface area contributed by atoms with E-state index in [1.165, 1.54) is 13.0 Å². The van der Waals surface area contributed by atoms with Gasteiger partial charge in [-0.2, -0.15) is 0 Å². The van der Waals surface area contributed by atoms with E-state index >= 15 is 0 Å². The number of benzene rings is 2. The Morgan fingerprint density at radius 2 is 2.00 bits per heavy atom. The molecule has 0 aliphatic carbocycles. The van der Waals surface area contributed by atoms with Crippen LogP contribution < -0.4 is 14.8 Å². The summed E-state index contributed by atoms with van der Waals surface area (Å²) in [5.74, 6) is 1.25. The van der Waals surface area contributed by atoms with Crippen molar-refractivity contribution in [1.29, 1.82) is 0 Å². The summed E-state index contributed by atoms with van der Waals surface area (Å²) in [6.07, 6.45) is 2.10. The lowest BCUT2D eigenvalue weighted by molar-refractivity contribution is -0.119. The van der Waals surface area contributed by atoms with E-state index in [1.54, 1.807) is 24.3 Å². The van der Waals surface area contributed by atoms with Gasteiger partial charge in [-0.05, 0) is 56.2 Å². The maximum atomic E-state index is 14.5. The number of carbonyl (C=O) groups is 1. The summed E-state index contributed by atoms with van der Waals surface area (Å²) in [7, 11) is 0. The fourth-order valence-electron chi connectivity index (χ4n) is 3.58. The van der Waals surface area contributed by atoms with E-state index < -0.39 is 0 Å². The molecule has 1 fully saturated rings. The van der Waals surface area contributed by atoms with E-state index in [1.807, 2.05) is 19.1 Å². The predicted molar refractivity (Wildman–Crippen MR) is 114 cm³/mol. The Bertz CT molecular complexity index is 1060. The van der Waals surface area contributed by atoms with E-state index in [0.717, 1.165) is 24.8 Å². The zero-order valence-corrected chi connectivity index (χ0v) is 17.7. The van der Waals surface area contributed by atoms with Crippen molar-refractivity contribution in [2.24, 2.45) is 0 Å². The first-order valence-electron chi connectivity index (χ1n) is 10.4. The third kappa shape index (κ3) is 5.35. The van der Waals surface area contributed by atoms with Crippen LogP contribution in [0.4, 0.5) is 4.39 Å². The van der Waals surface area contributed by atoms with E-state index in [2.05, 4.69) is 5.32 Å². The van der Waals surface area contributed by atoms with Crippen LogP contribution in [0.25, 0.3) is 11.0 Å². The highest BCUT2D eigenvalue weighted by molar-refractivity contribution is 5.80. The van der Waals surface area contributed by atoms with Crippen molar-refractivity contribution >= 4 is 16.9 Å². The second-order valence-corrected chi connectivity index (χ2v) is 7.76. The Balaban J connectivity index is 1.37. The third-order valence-electron chi connectivity index (χ3n) is 5.23. The average Bonchev–Trinajstić information content (AvgIpc) is 3.40. The van der Waals surface area contributed by atoms with Gasteiger partial charge in [0.1, 0.15) is 41.9 Å². The van der Waals surface area contributed by atoms with Crippen molar-refractivity contribution in [3.05, 3.63) is 59.6 Å². The van der Waals surface area contributed by atoms with Gasteiger partial charge in [0.25, 0.3) is 0 Å². The Morgan fingerprint density at radius 1 is 1.19 bits per heavy atom. The maximum Gasteiger partial charge on any atom is 0.217 e. The van der Waals surface area contributed by atoms with Crippen LogP contribution in [0.1, 0.15) is 44.1 Å². The van der Waals surface area contributed by atoms with Gasteiger partial charge in [0.15, 0.2) is 0 Å². The van der Waals surface area contributed by atoms with Crippen LogP contribution in [0.5, 0.6) is 11.5 Å². The van der Waals surface area contributed by atoms with Gasteiger partial charge < -0.3 is 23.9 Å². The van der Waals surface area contributed by atoms with Crippen LogP contribution in [0, 0.1) is 5.82 Å². The number of fused-ring (bicyclic) bond motifs is 1. The summed E-state index contributed by atoms with van der Waals surface area (Å²) >= 11 is 0. The van der Waals surface area contributed by atoms with Crippen molar-refractivity contribution in [2.75, 3.05) is 13.2 Å². The molecule has 1 aliphatic heterocycles. The molecule has 1 aromatic heterocycles. The van der Waals surface area contributed by atoms with Gasteiger partial charge in [0, 0.05) is 30.5 Å². The van der Waals surface area contributed by atoms with Crippen LogP contribution in [0.2, 0.25) is 0 Å². The van der Waals surface area contributed by atoms with Crippen molar-refractivity contribution in [3.63, 3.8) is 0 Å². The molecule has 3 aromatic rings. The predicted octanol–water partition coefficient (Wildman–Crippen LogP) is 4.91. The summed E-state index contributed by atoms with van der Waals surface area (Å²) < 4.78 is 37.2. The zero-order valence-electron chi connectivity index (χ0n) is 17.7. The molecule has 0 bridgehead atoms. The summed E-state index contributed by atoms with van der Waals surface area (Å²) in [5, 5.41) is 3.64. The zero-order chi connectivity index (χ0) is 21.8. The Morgan fingerprint density at radius 3 is 2.74 bits per heavy atom. The lowest BCUT2D eigenvalue weighted by Crippen LogP contribution is -2.23. The fraction of sp³-hybridized carbons (Fsp3) is 0.375. The molecule has 0 saturated carbocycles. The van der Waals surface area contributed by atoms with Gasteiger partial charge >= 0.3 is 0 Å². The molecule has 2 unspecified atom stereocenters. The molecule has 164 valence electrons. The lowest BCUT2D eigenvalue weighted by Gasteiger charge is -2.12. The molecule has 31 heavy (non-hydrogen) atoms. The summed E-state index contributed by atoms with van der Waals surface area (Å²) in [5.41, 5.74) is 1.13. The van der Waals surface area contributed by atoms with Gasteiger partial charge in [-0.1, -0.05) is 0 Å². The number of nitrogens with one attached hydrogen (secondary N) is 1. The van der Waals surface area contributed by atoms with Gasteiger partial charge in [0.2, 0.25) is 5.91 Å². The fourth-order valence-corrected chi connectivity index (χ4v) is 3.58. The van der Waals surface area contributed by atoms with Crippen molar-refractivity contribution in [1.82, 2.24) is 5.32 Å². The first-order valence-corrected chi connectivity index (χ1v) is 10.4. The van der Waals surface area contributed by atoms with Crippen LogP contribution in [0.3, 0.4) is 0 Å². The van der Waals surface area contributed by atoms with Crippen LogP contribution >= 0.6 is 0 Å². The highest BCUT2D eigenvalue weighted by Gasteiger charge is 2.17. The van der Waals surface area contributed by atoms with Crippen molar-refractivity contribution in [3.8, 4) is 11.5 Å². The van der Waals surface area contributed by atoms with Gasteiger partial charge in [0.05, 0.1) is 12.1 Å². The quantitative estimate of drug-likeness (QED) is 0.553. The minimum atomic E-state index is -0.374. The number of hydrogen-bond donors (Lipinski definition) is 1. The number of carbonyl (C=O) groups excluding carboxylic acids is 1. The van der Waals surface area contributed by atoms with Gasteiger partial charge in [-0.15, -0.1) is 0 Å². The summed E-state index contributed by atoms with van der Waals surface area (Å²) in [4.78, 5) is 11.2. The van der Waals surface area contributed by atoms with Crippen LogP contribution in [-0.4, -0.2) is 25.2 Å². The Kier molecular flexibility index (Phi) is 6.42. The lowest BCUT2D eigenvalue weighted by atomic mass is 10.2. The number of furan rings is 1. The van der Waals surface area contributed by atoms with Crippen LogP contribution in [0.15, 0.2) is 46.9 Å². The molecule has 1 amide bonds. The topological polar surface area (TPSA) is 69.9 Å². The largest absolute Gasteiger partial charge is 0.491 e. The Labute approximate surface area is 180 Å². The monoisotopic (exact) mass is 427 g/mol. The minimum absolute atomic E-state index is 0.0886. The molecule has 2 aromatic carbocycles. The first kappa shape index (κ1) is 21.2. The molecule has 1 N–H and O–H groups in total. The van der Waals surface area contributed by atoms with Gasteiger partial charge in [-0.25, -0.2) is 4.39 Å². The number of rotatable bonds is 8. The molecule has 0 radical (unpaired) electrons. The number of ether oxygens (including phenoxy) is 3. The molecule has 1 aliphatic rings. The minimum Gasteiger partial charge on any atom is -0.491 e. The van der Waals surface area contributed by atoms with E-state index in [4.69, 9.17) is 18.6 Å². The smallest absolute Gasteiger partial charge is 0.217 e. The highest BCUT2D eigenvalue weighted by Crippen LogP contribution is 2.28. The second-order valence-electron chi connectivity index (χ2n) is 7.76. The molecule has 0 spiro atoms. The van der Waals surface area contributed by atoms with E-state index in [0.29, 0.717) is 35.0 Å². The standard InChI is InChI=1S/C24H26FNO5/c1-15(26-16(2)27)24-11-18-10-19(7-8-23(18)31-24)29-13-17-5-6-20(12-22(17)25)30-14-21-4-3-9-28-21/h5-8,10-12,15,21H,3-4,9,13-14H2,1-2H3,(H,26,27). The first-order chi connectivity index (χ1) is 15.0. The van der Waals surface area contributed by atoms with Crippen molar-refractivity contribution < 1.29 is 27.8 Å². The second kappa shape index (κ2) is 9.39. The molecule has 7 heteroatoms. The highest BCUT2D eigenvalue weighted by atomic mass is 19.1. The van der Waals surface area contributed by atoms with Crippen LogP contribution in [-0.2, 0) is 16.1 Å². The number of amides is 1. The molecular weight excluding hydrogens is 401 g/mol. The molecule has 6 nitrogen and oxygen atoms in total. The summed E-state index contributed by atoms with van der Waals surface area (Å²) in [6, 6.07) is 11.8. The third-order valence-corrected chi connectivity index (χ3v) is 5.23. The van der Waals surface area contributed by atoms with Crippen molar-refractivity contribution in [2.45, 2.75) is 45.4 Å². The number of hydrogen-bond acceptors (Lipinski definition) is 5.